The molecule has 12 nitrogen and oxygen atoms in total. The highest BCUT2D eigenvalue weighted by Crippen LogP contribution is 2.55. The standard InChI is InChI=1S/C43H67ClN3O9P/c1-12-14-16-28-47(29-17-15-13-2)40(51)35(26-27-37(48)53-41(3,4)5)45-39(50)36(46-38(49)32-20-22-33(44)23-21-32)30-31-18-24-34(25-19-31)54-57(52,55-42(6,7)8)56-43(9,10)11/h18-25,35-36H,12-17,26-30H2,1-11H3,(H,45,50)(H,46,49)/t35-,36-/m0/s1. The minimum Gasteiger partial charge on any atom is -0.460 e. The zero-order chi connectivity index (χ0) is 43.0. The van der Waals surface area contributed by atoms with Gasteiger partial charge in [-0.1, -0.05) is 63.3 Å². The van der Waals surface area contributed by atoms with Gasteiger partial charge in [-0.05, 0) is 124 Å². The number of rotatable bonds is 22. The molecule has 0 aromatic heterocycles. The lowest BCUT2D eigenvalue weighted by Crippen LogP contribution is -2.55. The predicted molar refractivity (Wildman–Crippen MR) is 225 cm³/mol. The van der Waals surface area contributed by atoms with Gasteiger partial charge in [0.1, 0.15) is 23.4 Å². The van der Waals surface area contributed by atoms with Gasteiger partial charge in [0.15, 0.2) is 0 Å². The van der Waals surface area contributed by atoms with Crippen molar-refractivity contribution >= 4 is 43.1 Å². The van der Waals surface area contributed by atoms with Crippen LogP contribution in [-0.4, -0.2) is 70.6 Å². The molecule has 2 rings (SSSR count). The molecule has 320 valence electrons. The Bertz CT molecular complexity index is 1600. The van der Waals surface area contributed by atoms with Crippen LogP contribution in [-0.2, 0) is 39.2 Å². The van der Waals surface area contributed by atoms with E-state index in [0.29, 0.717) is 23.7 Å². The first-order chi connectivity index (χ1) is 26.4. The molecule has 2 aromatic carbocycles. The van der Waals surface area contributed by atoms with Gasteiger partial charge in [-0.15, -0.1) is 0 Å². The third kappa shape index (κ3) is 20.2. The average molecular weight is 836 g/mol. The van der Waals surface area contributed by atoms with E-state index in [4.69, 9.17) is 29.9 Å². The fraction of sp³-hybridized carbons (Fsp3) is 0.628. The van der Waals surface area contributed by atoms with Crippen LogP contribution in [0.5, 0.6) is 5.75 Å². The number of carbonyl (C=O) groups excluding carboxylic acids is 4. The lowest BCUT2D eigenvalue weighted by atomic mass is 10.0. The van der Waals surface area contributed by atoms with Crippen LogP contribution in [0.2, 0.25) is 5.02 Å². The van der Waals surface area contributed by atoms with E-state index in [1.54, 1.807) is 116 Å². The smallest absolute Gasteiger partial charge is 0.460 e. The van der Waals surface area contributed by atoms with E-state index >= 15 is 0 Å². The molecule has 0 unspecified atom stereocenters. The van der Waals surface area contributed by atoms with Crippen molar-refractivity contribution in [2.24, 2.45) is 0 Å². The number of hydrogen-bond donors (Lipinski definition) is 2. The summed E-state index contributed by atoms with van der Waals surface area (Å²) in [5, 5.41) is 6.18. The van der Waals surface area contributed by atoms with Gasteiger partial charge in [0.2, 0.25) is 11.8 Å². The third-order valence-electron chi connectivity index (χ3n) is 8.13. The Labute approximate surface area is 346 Å². The molecule has 0 fully saturated rings. The van der Waals surface area contributed by atoms with Crippen LogP contribution >= 0.6 is 19.4 Å². The summed E-state index contributed by atoms with van der Waals surface area (Å²) < 4.78 is 36.6. The van der Waals surface area contributed by atoms with E-state index in [1.807, 2.05) is 0 Å². The Hall–Kier alpha value is -3.44. The molecule has 0 aliphatic heterocycles. The highest BCUT2D eigenvalue weighted by atomic mass is 35.5. The monoisotopic (exact) mass is 835 g/mol. The summed E-state index contributed by atoms with van der Waals surface area (Å²) in [6.45, 7) is 21.0. The molecule has 0 spiro atoms. The number of amides is 3. The molecule has 0 bridgehead atoms. The van der Waals surface area contributed by atoms with Crippen molar-refractivity contribution in [2.45, 2.75) is 163 Å². The molecule has 14 heteroatoms. The van der Waals surface area contributed by atoms with Crippen molar-refractivity contribution in [3.05, 3.63) is 64.7 Å². The highest BCUT2D eigenvalue weighted by molar-refractivity contribution is 7.49. The maximum Gasteiger partial charge on any atom is 0.531 e. The van der Waals surface area contributed by atoms with Crippen molar-refractivity contribution in [1.29, 1.82) is 0 Å². The van der Waals surface area contributed by atoms with Crippen LogP contribution in [0, 0.1) is 0 Å². The number of carbonyl (C=O) groups is 4. The number of benzene rings is 2. The summed E-state index contributed by atoms with van der Waals surface area (Å²) in [7, 11) is -4.08. The van der Waals surface area contributed by atoms with Gasteiger partial charge in [-0.25, -0.2) is 4.57 Å². The minimum absolute atomic E-state index is 0.00869. The molecule has 57 heavy (non-hydrogen) atoms. The molecular weight excluding hydrogens is 769 g/mol. The quantitative estimate of drug-likeness (QED) is 0.0672. The molecule has 0 saturated heterocycles. The molecule has 0 radical (unpaired) electrons. The summed E-state index contributed by atoms with van der Waals surface area (Å²) in [6.07, 6.45) is 5.38. The van der Waals surface area contributed by atoms with Crippen LogP contribution < -0.4 is 15.2 Å². The Balaban J connectivity index is 2.48. The van der Waals surface area contributed by atoms with Crippen LogP contribution in [0.3, 0.4) is 0 Å². The van der Waals surface area contributed by atoms with Gasteiger partial charge in [0.05, 0.1) is 11.2 Å². The van der Waals surface area contributed by atoms with E-state index in [2.05, 4.69) is 24.5 Å². The Morgan fingerprint density at radius 3 is 1.72 bits per heavy atom. The number of halogens is 1. The lowest BCUT2D eigenvalue weighted by molar-refractivity contribution is -0.155. The van der Waals surface area contributed by atoms with Crippen molar-refractivity contribution in [1.82, 2.24) is 15.5 Å². The van der Waals surface area contributed by atoms with Crippen LogP contribution in [0.25, 0.3) is 0 Å². The first-order valence-electron chi connectivity index (χ1n) is 20.1. The minimum atomic E-state index is -4.08. The zero-order valence-corrected chi connectivity index (χ0v) is 37.6. The number of phosphoric acid groups is 1. The fourth-order valence-electron chi connectivity index (χ4n) is 5.67. The first-order valence-corrected chi connectivity index (χ1v) is 21.9. The Morgan fingerprint density at radius 2 is 1.25 bits per heavy atom. The van der Waals surface area contributed by atoms with E-state index in [-0.39, 0.29) is 36.5 Å². The van der Waals surface area contributed by atoms with Crippen molar-refractivity contribution in [2.75, 3.05) is 13.1 Å². The summed E-state index contributed by atoms with van der Waals surface area (Å²) in [4.78, 5) is 56.7. The van der Waals surface area contributed by atoms with Gasteiger partial charge in [-0.3, -0.25) is 28.2 Å². The first kappa shape index (κ1) is 49.7. The van der Waals surface area contributed by atoms with E-state index in [0.717, 1.165) is 38.5 Å². The molecule has 0 saturated carbocycles. The number of ether oxygens (including phenoxy) is 1. The Morgan fingerprint density at radius 1 is 0.719 bits per heavy atom. The van der Waals surface area contributed by atoms with Gasteiger partial charge in [-0.2, -0.15) is 0 Å². The third-order valence-corrected chi connectivity index (χ3v) is 10.4. The summed E-state index contributed by atoms with van der Waals surface area (Å²) in [5.41, 5.74) is -1.49. The van der Waals surface area contributed by atoms with Gasteiger partial charge >= 0.3 is 13.8 Å². The van der Waals surface area contributed by atoms with E-state index in [9.17, 15) is 23.7 Å². The second-order valence-electron chi connectivity index (χ2n) is 17.3. The average Bonchev–Trinajstić information content (AvgIpc) is 3.07. The lowest BCUT2D eigenvalue weighted by Gasteiger charge is -2.30. The zero-order valence-electron chi connectivity index (χ0n) is 36.0. The van der Waals surface area contributed by atoms with E-state index in [1.165, 1.54) is 0 Å². The second-order valence-corrected chi connectivity index (χ2v) is 19.1. The second kappa shape index (κ2) is 22.6. The molecule has 2 aromatic rings. The predicted octanol–water partition coefficient (Wildman–Crippen LogP) is 9.61. The van der Waals surface area contributed by atoms with Crippen LogP contribution in [0.15, 0.2) is 48.5 Å². The summed E-state index contributed by atoms with van der Waals surface area (Å²) >= 11 is 6.07. The maximum absolute atomic E-state index is 14.3. The largest absolute Gasteiger partial charge is 0.531 e. The van der Waals surface area contributed by atoms with Crippen molar-refractivity contribution in [3.63, 3.8) is 0 Å². The summed E-state index contributed by atoms with van der Waals surface area (Å²) in [6, 6.07) is 10.6. The number of nitrogens with one attached hydrogen (secondary N) is 2. The SMILES string of the molecule is CCCCCN(CCCCC)C(=O)[C@H](CCC(=O)OC(C)(C)C)NC(=O)[C@H](Cc1ccc(OP(=O)(OC(C)(C)C)OC(C)(C)C)cc1)NC(=O)c1ccc(Cl)cc1. The van der Waals surface area contributed by atoms with Gasteiger partial charge in [0, 0.05) is 36.5 Å². The topological polar surface area (TPSA) is 150 Å². The molecule has 0 heterocycles. The molecule has 2 N–H and O–H groups in total. The Kier molecular flexibility index (Phi) is 19.7. The molecule has 0 aliphatic carbocycles. The van der Waals surface area contributed by atoms with Crippen molar-refractivity contribution in [3.8, 4) is 5.75 Å². The van der Waals surface area contributed by atoms with Crippen molar-refractivity contribution < 1.29 is 42.1 Å². The number of phosphoric ester groups is 1. The molecule has 3 amide bonds. The number of unbranched alkanes of at least 4 members (excludes halogenated alkanes) is 4. The normalized spacial score (nSPS) is 13.3. The molecular formula is C43H67ClN3O9P. The van der Waals surface area contributed by atoms with E-state index < -0.39 is 54.5 Å². The summed E-state index contributed by atoms with van der Waals surface area (Å²) in [5.74, 6) is -1.70. The molecule has 2 atom stereocenters. The maximum atomic E-state index is 14.3. The fourth-order valence-corrected chi connectivity index (χ4v) is 7.63. The molecule has 0 aliphatic rings. The van der Waals surface area contributed by atoms with Gasteiger partial charge in [0.25, 0.3) is 5.91 Å². The highest BCUT2D eigenvalue weighted by Gasteiger charge is 2.39. The van der Waals surface area contributed by atoms with Crippen LogP contribution in [0.4, 0.5) is 0 Å². The number of nitrogens with zero attached hydrogens (tertiary/aromatic N) is 1. The number of esters is 1. The van der Waals surface area contributed by atoms with Crippen LogP contribution in [0.1, 0.15) is 143 Å². The van der Waals surface area contributed by atoms with Gasteiger partial charge < -0.3 is 24.8 Å². The number of hydrogen-bond acceptors (Lipinski definition) is 9.